The number of benzene rings is 2. The lowest BCUT2D eigenvalue weighted by Crippen LogP contribution is -2.30. The van der Waals surface area contributed by atoms with Crippen LogP contribution < -0.4 is 10.5 Å². The molecule has 1 atom stereocenters. The summed E-state index contributed by atoms with van der Waals surface area (Å²) in [6, 6.07) is 11.7. The van der Waals surface area contributed by atoms with Crippen molar-refractivity contribution in [3.8, 4) is 5.75 Å². The van der Waals surface area contributed by atoms with Crippen LogP contribution in [0, 0.1) is 10.1 Å². The van der Waals surface area contributed by atoms with Gasteiger partial charge in [0.25, 0.3) is 11.6 Å². The fourth-order valence-electron chi connectivity index (χ4n) is 3.21. The van der Waals surface area contributed by atoms with Gasteiger partial charge in [-0.1, -0.05) is 12.1 Å². The minimum Gasteiger partial charge on any atom is -0.497 e. The molecule has 1 amide bonds. The molecule has 0 aliphatic carbocycles. The fourth-order valence-corrected chi connectivity index (χ4v) is 3.21. The van der Waals surface area contributed by atoms with Crippen molar-refractivity contribution in [2.75, 3.05) is 19.4 Å². The number of nitro benzene ring substituents is 1. The maximum absolute atomic E-state index is 12.9. The molecule has 7 heteroatoms. The first-order valence-electron chi connectivity index (χ1n) is 8.00. The van der Waals surface area contributed by atoms with E-state index in [1.54, 1.807) is 12.0 Å². The average molecular weight is 341 g/mol. The quantitative estimate of drug-likeness (QED) is 0.523. The van der Waals surface area contributed by atoms with E-state index < -0.39 is 4.92 Å². The number of nitrogens with two attached hydrogens (primary N) is 1. The second-order valence-electron chi connectivity index (χ2n) is 5.96. The zero-order chi connectivity index (χ0) is 18.0. The van der Waals surface area contributed by atoms with Crippen molar-refractivity contribution in [2.45, 2.75) is 18.9 Å². The number of hydrogen-bond acceptors (Lipinski definition) is 5. The number of methoxy groups -OCH3 is 1. The molecule has 0 radical (unpaired) electrons. The second-order valence-corrected chi connectivity index (χ2v) is 5.96. The van der Waals surface area contributed by atoms with Gasteiger partial charge in [0.15, 0.2) is 0 Å². The molecule has 130 valence electrons. The van der Waals surface area contributed by atoms with Crippen molar-refractivity contribution in [2.24, 2.45) is 0 Å². The summed E-state index contributed by atoms with van der Waals surface area (Å²) in [5.74, 6) is 0.508. The first-order chi connectivity index (χ1) is 12.0. The van der Waals surface area contributed by atoms with Crippen molar-refractivity contribution in [3.63, 3.8) is 0 Å². The van der Waals surface area contributed by atoms with E-state index in [0.717, 1.165) is 24.2 Å². The predicted molar refractivity (Wildman–Crippen MR) is 93.5 cm³/mol. The third-order valence-electron chi connectivity index (χ3n) is 4.47. The molecule has 25 heavy (non-hydrogen) atoms. The normalized spacial score (nSPS) is 16.7. The smallest absolute Gasteiger partial charge is 0.292 e. The number of nitro groups is 1. The minimum atomic E-state index is -0.574. The Morgan fingerprint density at radius 3 is 2.84 bits per heavy atom. The van der Waals surface area contributed by atoms with E-state index >= 15 is 0 Å². The summed E-state index contributed by atoms with van der Waals surface area (Å²) in [5, 5.41) is 11.1. The lowest BCUT2D eigenvalue weighted by Gasteiger charge is -2.25. The van der Waals surface area contributed by atoms with Crippen LogP contribution in [0.2, 0.25) is 0 Å². The first kappa shape index (κ1) is 16.8. The van der Waals surface area contributed by atoms with Gasteiger partial charge in [-0.2, -0.15) is 0 Å². The monoisotopic (exact) mass is 341 g/mol. The molecule has 0 spiro atoms. The molecule has 1 unspecified atom stereocenters. The Morgan fingerprint density at radius 1 is 1.32 bits per heavy atom. The van der Waals surface area contributed by atoms with Crippen molar-refractivity contribution in [1.82, 2.24) is 4.90 Å². The molecule has 1 fully saturated rings. The zero-order valence-electron chi connectivity index (χ0n) is 13.8. The lowest BCUT2D eigenvalue weighted by atomic mass is 10.0. The number of rotatable bonds is 4. The Morgan fingerprint density at radius 2 is 2.12 bits per heavy atom. The first-order valence-corrected chi connectivity index (χ1v) is 8.00. The van der Waals surface area contributed by atoms with Gasteiger partial charge in [-0.05, 0) is 42.7 Å². The number of carbonyl (C=O) groups excluding carboxylic acids is 1. The van der Waals surface area contributed by atoms with Crippen LogP contribution in [-0.2, 0) is 0 Å². The van der Waals surface area contributed by atoms with Crippen LogP contribution in [0.25, 0.3) is 0 Å². The highest BCUT2D eigenvalue weighted by Gasteiger charge is 2.31. The summed E-state index contributed by atoms with van der Waals surface area (Å²) < 4.78 is 5.26. The fraction of sp³-hybridized carbons (Fsp3) is 0.278. The topological polar surface area (TPSA) is 98.7 Å². The molecule has 2 aromatic carbocycles. The molecular weight excluding hydrogens is 322 g/mol. The van der Waals surface area contributed by atoms with Gasteiger partial charge < -0.3 is 15.4 Å². The Bertz CT molecular complexity index is 822. The highest BCUT2D eigenvalue weighted by Crippen LogP contribution is 2.35. The van der Waals surface area contributed by atoms with E-state index in [1.807, 2.05) is 24.3 Å². The van der Waals surface area contributed by atoms with Gasteiger partial charge >= 0.3 is 0 Å². The van der Waals surface area contributed by atoms with Crippen LogP contribution in [0.1, 0.15) is 34.8 Å². The Labute approximate surface area is 145 Å². The van der Waals surface area contributed by atoms with Crippen LogP contribution in [0.4, 0.5) is 11.4 Å². The molecule has 1 aliphatic rings. The van der Waals surface area contributed by atoms with Gasteiger partial charge in [0.1, 0.15) is 11.4 Å². The zero-order valence-corrected chi connectivity index (χ0v) is 13.8. The van der Waals surface area contributed by atoms with E-state index in [1.165, 1.54) is 18.2 Å². The predicted octanol–water partition coefficient (Wildman–Crippen LogP) is 3.16. The Hall–Kier alpha value is -3.09. The molecule has 1 aliphatic heterocycles. The van der Waals surface area contributed by atoms with Crippen LogP contribution in [-0.4, -0.2) is 29.4 Å². The van der Waals surface area contributed by atoms with Crippen molar-refractivity contribution in [1.29, 1.82) is 0 Å². The highest BCUT2D eigenvalue weighted by molar-refractivity contribution is 5.96. The molecule has 0 saturated carbocycles. The number of ether oxygens (including phenoxy) is 1. The third-order valence-corrected chi connectivity index (χ3v) is 4.47. The number of nitrogen functional groups attached to an aromatic ring is 1. The lowest BCUT2D eigenvalue weighted by molar-refractivity contribution is -0.383. The molecule has 7 nitrogen and oxygen atoms in total. The molecule has 3 rings (SSSR count). The average Bonchev–Trinajstić information content (AvgIpc) is 3.11. The standard InChI is InChI=1S/C18H19N3O4/c1-25-14-5-2-4-12(10-14)16-6-3-9-20(16)18(22)13-7-8-15(19)17(11-13)21(23)24/h2,4-5,7-8,10-11,16H,3,6,9,19H2,1H3. The van der Waals surface area contributed by atoms with Crippen molar-refractivity contribution < 1.29 is 14.5 Å². The van der Waals surface area contributed by atoms with Gasteiger partial charge in [-0.15, -0.1) is 0 Å². The van der Waals surface area contributed by atoms with Crippen LogP contribution in [0.5, 0.6) is 5.75 Å². The molecule has 2 N–H and O–H groups in total. The largest absolute Gasteiger partial charge is 0.497 e. The van der Waals surface area contributed by atoms with E-state index in [0.29, 0.717) is 6.54 Å². The molecule has 1 heterocycles. The third kappa shape index (κ3) is 3.26. The van der Waals surface area contributed by atoms with E-state index in [-0.39, 0.29) is 28.9 Å². The Kier molecular flexibility index (Phi) is 4.56. The molecule has 1 saturated heterocycles. The summed E-state index contributed by atoms with van der Waals surface area (Å²) in [4.78, 5) is 25.1. The van der Waals surface area contributed by atoms with E-state index in [4.69, 9.17) is 10.5 Å². The van der Waals surface area contributed by atoms with Crippen molar-refractivity contribution >= 4 is 17.3 Å². The second kappa shape index (κ2) is 6.80. The number of nitrogens with zero attached hydrogens (tertiary/aromatic N) is 2. The minimum absolute atomic E-state index is 0.0484. The highest BCUT2D eigenvalue weighted by atomic mass is 16.6. The van der Waals surface area contributed by atoms with Gasteiger partial charge in [0.05, 0.1) is 18.1 Å². The van der Waals surface area contributed by atoms with Crippen molar-refractivity contribution in [3.05, 3.63) is 63.7 Å². The summed E-state index contributed by atoms with van der Waals surface area (Å²) >= 11 is 0. The number of amides is 1. The summed E-state index contributed by atoms with van der Waals surface area (Å²) in [6.07, 6.45) is 1.72. The van der Waals surface area contributed by atoms with Crippen LogP contribution >= 0.6 is 0 Å². The van der Waals surface area contributed by atoms with E-state index in [9.17, 15) is 14.9 Å². The maximum Gasteiger partial charge on any atom is 0.292 e. The summed E-state index contributed by atoms with van der Waals surface area (Å²) in [5.41, 5.74) is 6.68. The van der Waals surface area contributed by atoms with Gasteiger partial charge in [0, 0.05) is 18.2 Å². The SMILES string of the molecule is COc1cccc(C2CCCN2C(=O)c2ccc(N)c([N+](=O)[O-])c2)c1. The van der Waals surface area contributed by atoms with Crippen LogP contribution in [0.3, 0.4) is 0 Å². The number of likely N-dealkylation sites (tertiary alicyclic amines) is 1. The summed E-state index contributed by atoms with van der Waals surface area (Å²) in [6.45, 7) is 0.610. The molecule has 0 aromatic heterocycles. The van der Waals surface area contributed by atoms with Crippen LogP contribution in [0.15, 0.2) is 42.5 Å². The van der Waals surface area contributed by atoms with Gasteiger partial charge in [-0.25, -0.2) is 0 Å². The molecular formula is C18H19N3O4. The number of hydrogen-bond donors (Lipinski definition) is 1. The maximum atomic E-state index is 12.9. The summed E-state index contributed by atoms with van der Waals surface area (Å²) in [7, 11) is 1.60. The Balaban J connectivity index is 1.90. The number of anilines is 1. The molecule has 0 bridgehead atoms. The number of carbonyl (C=O) groups is 1. The van der Waals surface area contributed by atoms with E-state index in [2.05, 4.69) is 0 Å². The molecule has 2 aromatic rings. The van der Waals surface area contributed by atoms with Gasteiger partial charge in [-0.3, -0.25) is 14.9 Å². The van der Waals surface area contributed by atoms with Gasteiger partial charge in [0.2, 0.25) is 0 Å².